The van der Waals surface area contributed by atoms with Crippen LogP contribution in [0.15, 0.2) is 60.1 Å². The van der Waals surface area contributed by atoms with Gasteiger partial charge >= 0.3 is 0 Å². The van der Waals surface area contributed by atoms with Gasteiger partial charge in [0, 0.05) is 12.2 Å². The molecule has 1 aliphatic heterocycles. The molecule has 0 radical (unpaired) electrons. The van der Waals surface area contributed by atoms with Crippen molar-refractivity contribution in [1.82, 2.24) is 0 Å². The van der Waals surface area contributed by atoms with Crippen LogP contribution in [-0.2, 0) is 9.09 Å². The first-order chi connectivity index (χ1) is 11.7. The lowest BCUT2D eigenvalue weighted by Crippen LogP contribution is -2.17. The quantitative estimate of drug-likeness (QED) is 0.630. The van der Waals surface area contributed by atoms with Crippen molar-refractivity contribution >= 4 is 12.7 Å². The molecule has 126 valence electrons. The minimum absolute atomic E-state index is 0.407. The molecular formula is C20H23O3P. The Hall–Kier alpha value is -1.83. The lowest BCUT2D eigenvalue weighted by molar-refractivity contribution is 0.338. The van der Waals surface area contributed by atoms with Crippen LogP contribution in [-0.4, -0.2) is 6.61 Å². The van der Waals surface area contributed by atoms with Gasteiger partial charge < -0.3 is 9.26 Å². The van der Waals surface area contributed by atoms with Crippen LogP contribution in [0.3, 0.4) is 0 Å². The molecule has 1 aliphatic rings. The second kappa shape index (κ2) is 7.38. The minimum Gasteiger partial charge on any atom is -0.461 e. The number of ether oxygens (including phenoxy) is 1. The number of rotatable bonds is 6. The summed E-state index contributed by atoms with van der Waals surface area (Å²) in [6.45, 7) is 4.41. The molecule has 24 heavy (non-hydrogen) atoms. The molecule has 0 bridgehead atoms. The molecule has 0 aromatic heterocycles. The van der Waals surface area contributed by atoms with Crippen molar-refractivity contribution in [1.29, 1.82) is 0 Å². The van der Waals surface area contributed by atoms with Crippen LogP contribution in [0, 0.1) is 0 Å². The fourth-order valence-corrected chi connectivity index (χ4v) is 4.89. The van der Waals surface area contributed by atoms with Crippen LogP contribution >= 0.6 is 7.37 Å². The Kier molecular flexibility index (Phi) is 5.23. The van der Waals surface area contributed by atoms with E-state index >= 15 is 0 Å². The molecule has 0 amide bonds. The normalized spacial score (nSPS) is 19.3. The Labute approximate surface area is 143 Å². The highest BCUT2D eigenvalue weighted by Crippen LogP contribution is 2.54. The molecule has 1 atom stereocenters. The molecular weight excluding hydrogens is 319 g/mol. The summed E-state index contributed by atoms with van der Waals surface area (Å²) in [5.74, 6) is 3.12. The van der Waals surface area contributed by atoms with E-state index in [-0.39, 0.29) is 0 Å². The van der Waals surface area contributed by atoms with Crippen LogP contribution in [0.25, 0.3) is 11.1 Å². The maximum absolute atomic E-state index is 13.4. The lowest BCUT2D eigenvalue weighted by Gasteiger charge is -2.25. The predicted octanol–water partition coefficient (Wildman–Crippen LogP) is 5.72. The summed E-state index contributed by atoms with van der Waals surface area (Å²) in [5, 5.41) is 0.658. The molecule has 0 saturated carbocycles. The fraction of sp³-hybridized carbons (Fsp3) is 0.300. The molecule has 2 aromatic carbocycles. The Morgan fingerprint density at radius 2 is 1.83 bits per heavy atom. The number of hydrogen-bond donors (Lipinski definition) is 0. The van der Waals surface area contributed by atoms with E-state index in [1.54, 1.807) is 5.82 Å². The van der Waals surface area contributed by atoms with Gasteiger partial charge in [0.25, 0.3) is 7.37 Å². The standard InChI is InChI=1S/C20H23O3P/c1-3-5-11-18-15-24(21,22-4-2)20-14-17(12-13-19(20)23-18)16-9-7-6-8-10-16/h6-10,12-15H,3-5,11H2,1-2H3. The molecule has 3 nitrogen and oxygen atoms in total. The fourth-order valence-electron chi connectivity index (χ4n) is 2.85. The van der Waals surface area contributed by atoms with Crippen LogP contribution in [0.4, 0.5) is 0 Å². The Morgan fingerprint density at radius 1 is 1.04 bits per heavy atom. The average molecular weight is 342 g/mol. The largest absolute Gasteiger partial charge is 0.461 e. The first kappa shape index (κ1) is 17.0. The molecule has 0 N–H and O–H groups in total. The smallest absolute Gasteiger partial charge is 0.261 e. The van der Waals surface area contributed by atoms with Gasteiger partial charge in [-0.15, -0.1) is 0 Å². The van der Waals surface area contributed by atoms with E-state index in [0.717, 1.165) is 36.1 Å². The average Bonchev–Trinajstić information content (AvgIpc) is 2.60. The van der Waals surface area contributed by atoms with E-state index in [1.165, 1.54) is 0 Å². The summed E-state index contributed by atoms with van der Waals surface area (Å²) in [6, 6.07) is 15.9. The summed E-state index contributed by atoms with van der Waals surface area (Å²) < 4.78 is 25.1. The van der Waals surface area contributed by atoms with Crippen molar-refractivity contribution in [3.63, 3.8) is 0 Å². The summed E-state index contributed by atoms with van der Waals surface area (Å²) in [7, 11) is -3.03. The molecule has 1 unspecified atom stereocenters. The zero-order chi connectivity index (χ0) is 17.0. The molecule has 3 rings (SSSR count). The van der Waals surface area contributed by atoms with Crippen molar-refractivity contribution in [3.8, 4) is 16.9 Å². The third-order valence-electron chi connectivity index (χ3n) is 4.05. The second-order valence-corrected chi connectivity index (χ2v) is 8.06. The monoisotopic (exact) mass is 342 g/mol. The maximum atomic E-state index is 13.4. The summed E-state index contributed by atoms with van der Waals surface area (Å²) in [6.07, 6.45) is 2.86. The van der Waals surface area contributed by atoms with Gasteiger partial charge in [-0.3, -0.25) is 4.57 Å². The Balaban J connectivity index is 2.03. The van der Waals surface area contributed by atoms with Crippen LogP contribution < -0.4 is 10.0 Å². The van der Waals surface area contributed by atoms with Crippen LogP contribution in [0.5, 0.6) is 5.75 Å². The van der Waals surface area contributed by atoms with Gasteiger partial charge in [0.15, 0.2) is 0 Å². The zero-order valence-corrected chi connectivity index (χ0v) is 15.1. The highest BCUT2D eigenvalue weighted by atomic mass is 31.2. The van der Waals surface area contributed by atoms with Crippen LogP contribution in [0.1, 0.15) is 33.1 Å². The SMILES string of the molecule is CCCCC1=CP(=O)(OCC)c2cc(-c3ccccc3)ccc2O1. The number of hydrogen-bond acceptors (Lipinski definition) is 3. The topological polar surface area (TPSA) is 35.5 Å². The van der Waals surface area contributed by atoms with E-state index in [0.29, 0.717) is 17.7 Å². The molecule has 4 heteroatoms. The van der Waals surface area contributed by atoms with Crippen LogP contribution in [0.2, 0.25) is 0 Å². The van der Waals surface area contributed by atoms with Gasteiger partial charge in [-0.2, -0.15) is 0 Å². The van der Waals surface area contributed by atoms with E-state index in [2.05, 4.69) is 6.92 Å². The number of fused-ring (bicyclic) bond motifs is 1. The zero-order valence-electron chi connectivity index (χ0n) is 14.2. The molecule has 0 fully saturated rings. The van der Waals surface area contributed by atoms with Crippen molar-refractivity contribution in [3.05, 3.63) is 60.1 Å². The molecule has 0 spiro atoms. The van der Waals surface area contributed by atoms with E-state index in [9.17, 15) is 4.57 Å². The first-order valence-electron chi connectivity index (χ1n) is 8.50. The molecule has 1 heterocycles. The Bertz CT molecular complexity index is 781. The first-order valence-corrected chi connectivity index (χ1v) is 10.2. The maximum Gasteiger partial charge on any atom is 0.261 e. The summed E-state index contributed by atoms with van der Waals surface area (Å²) in [5.41, 5.74) is 2.10. The van der Waals surface area contributed by atoms with Gasteiger partial charge in [0.05, 0.1) is 11.9 Å². The van der Waals surface area contributed by atoms with Gasteiger partial charge in [0.2, 0.25) is 0 Å². The van der Waals surface area contributed by atoms with Crippen molar-refractivity contribution in [2.45, 2.75) is 33.1 Å². The summed E-state index contributed by atoms with van der Waals surface area (Å²) >= 11 is 0. The Morgan fingerprint density at radius 3 is 2.54 bits per heavy atom. The summed E-state index contributed by atoms with van der Waals surface area (Å²) in [4.78, 5) is 0. The highest BCUT2D eigenvalue weighted by Gasteiger charge is 2.32. The molecule has 0 saturated heterocycles. The van der Waals surface area contributed by atoms with E-state index in [4.69, 9.17) is 9.26 Å². The van der Waals surface area contributed by atoms with Crippen molar-refractivity contribution < 1.29 is 13.8 Å². The lowest BCUT2D eigenvalue weighted by atomic mass is 10.1. The highest BCUT2D eigenvalue weighted by molar-refractivity contribution is 7.70. The number of allylic oxidation sites excluding steroid dienone is 1. The van der Waals surface area contributed by atoms with Crippen molar-refractivity contribution in [2.75, 3.05) is 6.61 Å². The minimum atomic E-state index is -3.03. The number of unbranched alkanes of at least 4 members (excludes halogenated alkanes) is 1. The van der Waals surface area contributed by atoms with Gasteiger partial charge in [-0.25, -0.2) is 0 Å². The van der Waals surface area contributed by atoms with Crippen molar-refractivity contribution in [2.24, 2.45) is 0 Å². The predicted molar refractivity (Wildman–Crippen MR) is 99.0 cm³/mol. The molecule has 2 aromatic rings. The third kappa shape index (κ3) is 3.48. The third-order valence-corrected chi connectivity index (χ3v) is 6.35. The van der Waals surface area contributed by atoms with E-state index in [1.807, 2.05) is 55.5 Å². The van der Waals surface area contributed by atoms with Gasteiger partial charge in [-0.05, 0) is 36.6 Å². The molecule has 0 aliphatic carbocycles. The number of benzene rings is 2. The van der Waals surface area contributed by atoms with Gasteiger partial charge in [-0.1, -0.05) is 49.7 Å². The van der Waals surface area contributed by atoms with Gasteiger partial charge in [0.1, 0.15) is 11.5 Å². The second-order valence-electron chi connectivity index (χ2n) is 5.86. The van der Waals surface area contributed by atoms with E-state index < -0.39 is 7.37 Å².